The molecule has 1 heterocycles. The van der Waals surface area contributed by atoms with E-state index < -0.39 is 6.04 Å². The summed E-state index contributed by atoms with van der Waals surface area (Å²) in [6.45, 7) is 1.66. The van der Waals surface area contributed by atoms with Crippen molar-refractivity contribution in [2.24, 2.45) is 0 Å². The first-order chi connectivity index (χ1) is 17.8. The van der Waals surface area contributed by atoms with Gasteiger partial charge in [0, 0.05) is 33.6 Å². The first-order valence-electron chi connectivity index (χ1n) is 12.7. The molecule has 6 nitrogen and oxygen atoms in total. The first kappa shape index (κ1) is 25.6. The molecule has 1 aliphatic heterocycles. The third-order valence-corrected chi connectivity index (χ3v) is 8.00. The normalized spacial score (nSPS) is 16.2. The molecule has 1 aliphatic carbocycles. The fraction of sp³-hybridized carbons (Fsp3) is 0.345. The molecule has 3 aromatic rings. The van der Waals surface area contributed by atoms with Crippen molar-refractivity contribution in [1.29, 1.82) is 0 Å². The summed E-state index contributed by atoms with van der Waals surface area (Å²) in [6.07, 6.45) is 5.25. The number of carbonyl (C=O) groups excluding carboxylic acids is 3. The van der Waals surface area contributed by atoms with Crippen LogP contribution in [0.1, 0.15) is 54.9 Å². The molecule has 37 heavy (non-hydrogen) atoms. The number of hydrogen-bond donors (Lipinski definition) is 1. The summed E-state index contributed by atoms with van der Waals surface area (Å²) in [5.74, 6) is -0.761. The van der Waals surface area contributed by atoms with E-state index in [0.29, 0.717) is 26.9 Å². The van der Waals surface area contributed by atoms with E-state index in [2.05, 4.69) is 5.32 Å². The lowest BCUT2D eigenvalue weighted by atomic mass is 9.95. The molecule has 0 saturated heterocycles. The van der Waals surface area contributed by atoms with Crippen LogP contribution in [0.4, 0.5) is 5.69 Å². The summed E-state index contributed by atoms with van der Waals surface area (Å²) < 4.78 is 0. The zero-order valence-corrected chi connectivity index (χ0v) is 22.2. The van der Waals surface area contributed by atoms with Gasteiger partial charge in [-0.3, -0.25) is 19.3 Å². The number of nitrogens with zero attached hydrogens (tertiary/aromatic N) is 2. The quantitative estimate of drug-likeness (QED) is 0.403. The Morgan fingerprint density at radius 2 is 1.78 bits per heavy atom. The lowest BCUT2D eigenvalue weighted by Crippen LogP contribution is -2.52. The highest BCUT2D eigenvalue weighted by molar-refractivity contribution is 6.35. The maximum atomic E-state index is 13.8. The van der Waals surface area contributed by atoms with Crippen molar-refractivity contribution in [1.82, 2.24) is 10.2 Å². The van der Waals surface area contributed by atoms with Crippen LogP contribution >= 0.6 is 23.2 Å². The summed E-state index contributed by atoms with van der Waals surface area (Å²) in [6, 6.07) is 15.7. The standard InChI is InChI=1S/C29H29Cl2N3O3/c1-18(28(36)32-22-9-3-2-4-10-22)33(16-20-13-14-21(30)15-24(20)31)26(35)17-34-25-12-6-8-19-7-5-11-23(27(19)25)29(34)37/h5-8,11-15,18,22H,2-4,9-10,16-17H2,1H3,(H,32,36). The van der Waals surface area contributed by atoms with Crippen LogP contribution in [0, 0.1) is 0 Å². The summed E-state index contributed by atoms with van der Waals surface area (Å²) >= 11 is 12.5. The molecule has 1 saturated carbocycles. The molecule has 1 unspecified atom stereocenters. The molecule has 5 rings (SSSR count). The minimum atomic E-state index is -0.753. The molecule has 0 spiro atoms. The predicted octanol–water partition coefficient (Wildman–Crippen LogP) is 5.97. The number of nitrogens with one attached hydrogen (secondary N) is 1. The number of amides is 3. The van der Waals surface area contributed by atoms with Crippen molar-refractivity contribution >= 4 is 57.4 Å². The van der Waals surface area contributed by atoms with E-state index in [1.54, 1.807) is 31.2 Å². The monoisotopic (exact) mass is 537 g/mol. The van der Waals surface area contributed by atoms with Crippen molar-refractivity contribution in [3.8, 4) is 0 Å². The molecule has 1 atom stereocenters. The Balaban J connectivity index is 1.41. The van der Waals surface area contributed by atoms with E-state index in [1.165, 1.54) is 16.2 Å². The average molecular weight is 538 g/mol. The van der Waals surface area contributed by atoms with Crippen molar-refractivity contribution in [3.05, 3.63) is 75.8 Å². The Morgan fingerprint density at radius 3 is 2.51 bits per heavy atom. The van der Waals surface area contributed by atoms with Gasteiger partial charge in [-0.25, -0.2) is 0 Å². The maximum Gasteiger partial charge on any atom is 0.259 e. The van der Waals surface area contributed by atoms with Gasteiger partial charge in [-0.05, 0) is 55.0 Å². The molecule has 3 aromatic carbocycles. The SMILES string of the molecule is CC(C(=O)NC1CCCCC1)N(Cc1ccc(Cl)cc1Cl)C(=O)CN1C(=O)c2cccc3cccc1c23. The Kier molecular flexibility index (Phi) is 7.40. The van der Waals surface area contributed by atoms with Crippen molar-refractivity contribution in [2.45, 2.75) is 57.7 Å². The third-order valence-electron chi connectivity index (χ3n) is 7.42. The van der Waals surface area contributed by atoms with Crippen LogP contribution in [0.15, 0.2) is 54.6 Å². The molecule has 1 N–H and O–H groups in total. The van der Waals surface area contributed by atoms with E-state index in [4.69, 9.17) is 23.2 Å². The number of hydrogen-bond acceptors (Lipinski definition) is 3. The molecule has 8 heteroatoms. The topological polar surface area (TPSA) is 69.7 Å². The zero-order chi connectivity index (χ0) is 26.1. The van der Waals surface area contributed by atoms with Crippen LogP contribution in [0.25, 0.3) is 10.8 Å². The lowest BCUT2D eigenvalue weighted by molar-refractivity contribution is -0.139. The van der Waals surface area contributed by atoms with Gasteiger partial charge in [-0.1, -0.05) is 72.8 Å². The molecule has 0 radical (unpaired) electrons. The molecular formula is C29H29Cl2N3O3. The van der Waals surface area contributed by atoms with Crippen molar-refractivity contribution in [2.75, 3.05) is 11.4 Å². The van der Waals surface area contributed by atoms with Gasteiger partial charge in [0.05, 0.1) is 5.69 Å². The van der Waals surface area contributed by atoms with Crippen LogP contribution < -0.4 is 10.2 Å². The second-order valence-corrected chi connectivity index (χ2v) is 10.7. The fourth-order valence-electron chi connectivity index (χ4n) is 5.35. The molecule has 1 fully saturated rings. The van der Waals surface area contributed by atoms with Gasteiger partial charge >= 0.3 is 0 Å². The predicted molar refractivity (Wildman–Crippen MR) is 147 cm³/mol. The zero-order valence-electron chi connectivity index (χ0n) is 20.7. The molecule has 2 aliphatic rings. The third kappa shape index (κ3) is 5.18. The smallest absolute Gasteiger partial charge is 0.259 e. The summed E-state index contributed by atoms with van der Waals surface area (Å²) in [5.41, 5.74) is 1.96. The van der Waals surface area contributed by atoms with Gasteiger partial charge in [0.25, 0.3) is 5.91 Å². The van der Waals surface area contributed by atoms with E-state index in [9.17, 15) is 14.4 Å². The summed E-state index contributed by atoms with van der Waals surface area (Å²) in [5, 5.41) is 5.83. The van der Waals surface area contributed by atoms with Gasteiger partial charge in [-0.2, -0.15) is 0 Å². The Morgan fingerprint density at radius 1 is 1.05 bits per heavy atom. The van der Waals surface area contributed by atoms with Crippen LogP contribution in [-0.2, 0) is 16.1 Å². The Hall–Kier alpha value is -3.09. The van der Waals surface area contributed by atoms with Crippen molar-refractivity contribution < 1.29 is 14.4 Å². The van der Waals surface area contributed by atoms with E-state index in [1.807, 2.05) is 30.3 Å². The largest absolute Gasteiger partial charge is 0.352 e. The van der Waals surface area contributed by atoms with Crippen LogP contribution in [-0.4, -0.2) is 41.2 Å². The molecule has 3 amide bonds. The minimum Gasteiger partial charge on any atom is -0.352 e. The highest BCUT2D eigenvalue weighted by Gasteiger charge is 2.35. The fourth-order valence-corrected chi connectivity index (χ4v) is 5.82. The first-order valence-corrected chi connectivity index (χ1v) is 13.5. The van der Waals surface area contributed by atoms with E-state index >= 15 is 0 Å². The second-order valence-electron chi connectivity index (χ2n) is 9.85. The van der Waals surface area contributed by atoms with Gasteiger partial charge < -0.3 is 10.2 Å². The number of carbonyl (C=O) groups is 3. The van der Waals surface area contributed by atoms with Gasteiger partial charge in [0.1, 0.15) is 12.6 Å². The maximum absolute atomic E-state index is 13.8. The number of rotatable bonds is 7. The van der Waals surface area contributed by atoms with Crippen LogP contribution in [0.2, 0.25) is 10.0 Å². The molecule has 0 bridgehead atoms. The van der Waals surface area contributed by atoms with Crippen LogP contribution in [0.3, 0.4) is 0 Å². The Bertz CT molecular complexity index is 1360. The second kappa shape index (κ2) is 10.7. The van der Waals surface area contributed by atoms with Gasteiger partial charge in [0.15, 0.2) is 0 Å². The van der Waals surface area contributed by atoms with Crippen molar-refractivity contribution in [3.63, 3.8) is 0 Å². The average Bonchev–Trinajstić information content (AvgIpc) is 3.16. The van der Waals surface area contributed by atoms with E-state index in [0.717, 1.165) is 36.5 Å². The number of anilines is 1. The molecule has 192 valence electrons. The number of halogens is 2. The van der Waals surface area contributed by atoms with Crippen LogP contribution in [0.5, 0.6) is 0 Å². The lowest BCUT2D eigenvalue weighted by Gasteiger charge is -2.32. The molecule has 0 aromatic heterocycles. The minimum absolute atomic E-state index is 0.118. The highest BCUT2D eigenvalue weighted by Crippen LogP contribution is 2.37. The van der Waals surface area contributed by atoms with Gasteiger partial charge in [-0.15, -0.1) is 0 Å². The van der Waals surface area contributed by atoms with E-state index in [-0.39, 0.29) is 36.9 Å². The number of benzene rings is 3. The highest BCUT2D eigenvalue weighted by atomic mass is 35.5. The Labute approximate surface area is 226 Å². The summed E-state index contributed by atoms with van der Waals surface area (Å²) in [4.78, 5) is 43.4. The van der Waals surface area contributed by atoms with Gasteiger partial charge in [0.2, 0.25) is 11.8 Å². The summed E-state index contributed by atoms with van der Waals surface area (Å²) in [7, 11) is 0. The molecular weight excluding hydrogens is 509 g/mol.